The molecule has 1 N–H and O–H groups in total. The summed E-state index contributed by atoms with van der Waals surface area (Å²) in [6.45, 7) is 0. The molecule has 0 fully saturated rings. The predicted molar refractivity (Wildman–Crippen MR) is 124 cm³/mol. The molecule has 1 heterocycles. The lowest BCUT2D eigenvalue weighted by molar-refractivity contribution is 0.628. The molecule has 4 heteroatoms. The number of hydrogen-bond acceptors (Lipinski definition) is 2. The lowest BCUT2D eigenvalue weighted by atomic mass is 9.98. The summed E-state index contributed by atoms with van der Waals surface area (Å²) in [5, 5.41) is 2.14. The maximum atomic E-state index is 12.9. The molecule has 0 saturated heterocycles. The fourth-order valence-electron chi connectivity index (χ4n) is 4.02. The first-order valence-corrected chi connectivity index (χ1v) is 10.2. The predicted octanol–water partition coefficient (Wildman–Crippen LogP) is 4.99. The second-order valence-electron chi connectivity index (χ2n) is 7.50. The van der Waals surface area contributed by atoms with Crippen molar-refractivity contribution >= 4 is 10.8 Å². The number of benzene rings is 4. The van der Waals surface area contributed by atoms with Gasteiger partial charge in [0.15, 0.2) is 0 Å². The molecule has 4 nitrogen and oxygen atoms in total. The summed E-state index contributed by atoms with van der Waals surface area (Å²) in [5.74, 6) is 0. The van der Waals surface area contributed by atoms with Crippen molar-refractivity contribution in [3.05, 3.63) is 141 Å². The third-order valence-electron chi connectivity index (χ3n) is 5.54. The average molecular weight is 404 g/mol. The molecule has 150 valence electrons. The van der Waals surface area contributed by atoms with Gasteiger partial charge in [-0.1, -0.05) is 97.1 Å². The van der Waals surface area contributed by atoms with Gasteiger partial charge in [-0.05, 0) is 33.5 Å². The van der Waals surface area contributed by atoms with Crippen LogP contribution < -0.4 is 11.2 Å². The van der Waals surface area contributed by atoms with Gasteiger partial charge in [0, 0.05) is 6.20 Å². The maximum Gasteiger partial charge on any atom is 0.329 e. The minimum absolute atomic E-state index is 0.356. The van der Waals surface area contributed by atoms with Crippen LogP contribution in [0.15, 0.2) is 119 Å². The fourth-order valence-corrected chi connectivity index (χ4v) is 4.02. The van der Waals surface area contributed by atoms with E-state index in [1.165, 1.54) is 0 Å². The van der Waals surface area contributed by atoms with Crippen molar-refractivity contribution in [2.45, 2.75) is 6.04 Å². The minimum Gasteiger partial charge on any atom is -0.288 e. The summed E-state index contributed by atoms with van der Waals surface area (Å²) in [5.41, 5.74) is 2.33. The molecule has 5 rings (SSSR count). The molecule has 0 saturated carbocycles. The molecule has 0 aliphatic heterocycles. The van der Waals surface area contributed by atoms with E-state index in [2.05, 4.69) is 4.98 Å². The van der Waals surface area contributed by atoms with Gasteiger partial charge in [-0.3, -0.25) is 14.3 Å². The van der Waals surface area contributed by atoms with Crippen LogP contribution in [0, 0.1) is 0 Å². The molecular formula is C27H20N2O2. The molecule has 1 aromatic heterocycles. The second-order valence-corrected chi connectivity index (χ2v) is 7.50. The third kappa shape index (κ3) is 3.60. The van der Waals surface area contributed by atoms with Gasteiger partial charge in [-0.2, -0.15) is 0 Å². The number of aromatic nitrogens is 2. The number of nitrogens with one attached hydrogen (secondary N) is 1. The lowest BCUT2D eigenvalue weighted by Gasteiger charge is -2.21. The van der Waals surface area contributed by atoms with Crippen molar-refractivity contribution in [3.63, 3.8) is 0 Å². The molecular weight excluding hydrogens is 384 g/mol. The second kappa shape index (κ2) is 7.92. The van der Waals surface area contributed by atoms with Gasteiger partial charge in [0.2, 0.25) is 0 Å². The normalized spacial score (nSPS) is 11.1. The quantitative estimate of drug-likeness (QED) is 0.459. The molecule has 0 spiro atoms. The Morgan fingerprint density at radius 2 is 1.23 bits per heavy atom. The summed E-state index contributed by atoms with van der Waals surface area (Å²) < 4.78 is 1.61. The molecule has 0 radical (unpaired) electrons. The summed E-state index contributed by atoms with van der Waals surface area (Å²) >= 11 is 0. The molecule has 0 unspecified atom stereocenters. The highest BCUT2D eigenvalue weighted by Gasteiger charge is 2.19. The first-order valence-electron chi connectivity index (χ1n) is 10.2. The van der Waals surface area contributed by atoms with Crippen LogP contribution >= 0.6 is 0 Å². The molecule has 0 bridgehead atoms. The van der Waals surface area contributed by atoms with E-state index in [1.807, 2.05) is 103 Å². The van der Waals surface area contributed by atoms with E-state index in [0.717, 1.165) is 27.5 Å². The van der Waals surface area contributed by atoms with E-state index in [0.29, 0.717) is 5.56 Å². The number of H-pyrrole nitrogens is 1. The largest absolute Gasteiger partial charge is 0.329 e. The van der Waals surface area contributed by atoms with Crippen LogP contribution in [0.4, 0.5) is 0 Å². The lowest BCUT2D eigenvalue weighted by Crippen LogP contribution is -2.33. The van der Waals surface area contributed by atoms with E-state index in [9.17, 15) is 9.59 Å². The first-order chi connectivity index (χ1) is 15.2. The van der Waals surface area contributed by atoms with Gasteiger partial charge < -0.3 is 0 Å². The molecule has 0 atom stereocenters. The Kier molecular flexibility index (Phi) is 4.81. The van der Waals surface area contributed by atoms with Gasteiger partial charge in [-0.25, -0.2) is 4.79 Å². The number of aromatic amines is 1. The molecule has 31 heavy (non-hydrogen) atoms. The number of fused-ring (bicyclic) bond motifs is 1. The van der Waals surface area contributed by atoms with Gasteiger partial charge in [0.1, 0.15) is 0 Å². The van der Waals surface area contributed by atoms with Crippen LogP contribution in [0.3, 0.4) is 0 Å². The zero-order chi connectivity index (χ0) is 21.2. The number of rotatable bonds is 4. The van der Waals surface area contributed by atoms with Crippen molar-refractivity contribution in [2.75, 3.05) is 0 Å². The molecule has 0 amide bonds. The van der Waals surface area contributed by atoms with Crippen LogP contribution in [-0.4, -0.2) is 9.55 Å². The SMILES string of the molecule is O=c1[nH]c(=O)n(C(c2ccccc2)c2ccccc2)cc1-c1ccc2ccccc2c1. The smallest absolute Gasteiger partial charge is 0.288 e. The number of hydrogen-bond donors (Lipinski definition) is 1. The standard InChI is InChI=1S/C27H20N2O2/c30-26-24(23-16-15-19-9-7-8-14-22(19)17-23)18-29(27(31)28-26)25(20-10-3-1-4-11-20)21-12-5-2-6-13-21/h1-18,25H,(H,28,30,31). The summed E-state index contributed by atoms with van der Waals surface area (Å²) in [6, 6.07) is 33.2. The van der Waals surface area contributed by atoms with Gasteiger partial charge >= 0.3 is 5.69 Å². The monoisotopic (exact) mass is 404 g/mol. The Bertz CT molecular complexity index is 1430. The maximum absolute atomic E-state index is 12.9. The van der Waals surface area contributed by atoms with Gasteiger partial charge in [0.05, 0.1) is 11.6 Å². The van der Waals surface area contributed by atoms with Crippen LogP contribution in [-0.2, 0) is 0 Å². The van der Waals surface area contributed by atoms with Crippen LogP contribution in [0.25, 0.3) is 21.9 Å². The van der Waals surface area contributed by atoms with E-state index in [-0.39, 0.29) is 6.04 Å². The summed E-state index contributed by atoms with van der Waals surface area (Å²) in [4.78, 5) is 28.2. The van der Waals surface area contributed by atoms with E-state index in [4.69, 9.17) is 0 Å². The molecule has 5 aromatic rings. The van der Waals surface area contributed by atoms with Crippen LogP contribution in [0.5, 0.6) is 0 Å². The average Bonchev–Trinajstić information content (AvgIpc) is 2.82. The Labute approximate surface area is 179 Å². The highest BCUT2D eigenvalue weighted by atomic mass is 16.2. The van der Waals surface area contributed by atoms with Crippen molar-refractivity contribution in [3.8, 4) is 11.1 Å². The highest BCUT2D eigenvalue weighted by Crippen LogP contribution is 2.27. The fraction of sp³-hybridized carbons (Fsp3) is 0.0370. The van der Waals surface area contributed by atoms with E-state index in [1.54, 1.807) is 10.8 Å². The van der Waals surface area contributed by atoms with Crippen molar-refractivity contribution in [2.24, 2.45) is 0 Å². The Morgan fingerprint density at radius 3 is 1.87 bits per heavy atom. The summed E-state index contributed by atoms with van der Waals surface area (Å²) in [6.07, 6.45) is 1.68. The van der Waals surface area contributed by atoms with Gasteiger partial charge in [-0.15, -0.1) is 0 Å². The van der Waals surface area contributed by atoms with E-state index < -0.39 is 11.2 Å². The molecule has 0 aliphatic rings. The molecule has 0 aliphatic carbocycles. The van der Waals surface area contributed by atoms with Gasteiger partial charge in [0.25, 0.3) is 5.56 Å². The van der Waals surface area contributed by atoms with Crippen molar-refractivity contribution in [1.29, 1.82) is 0 Å². The van der Waals surface area contributed by atoms with Crippen molar-refractivity contribution in [1.82, 2.24) is 9.55 Å². The zero-order valence-corrected chi connectivity index (χ0v) is 16.7. The minimum atomic E-state index is -0.438. The van der Waals surface area contributed by atoms with Crippen molar-refractivity contribution < 1.29 is 0 Å². The topological polar surface area (TPSA) is 54.9 Å². The Hall–Kier alpha value is -4.18. The van der Waals surface area contributed by atoms with Crippen LogP contribution in [0.2, 0.25) is 0 Å². The van der Waals surface area contributed by atoms with Crippen LogP contribution in [0.1, 0.15) is 17.2 Å². The Balaban J connectivity index is 1.73. The Morgan fingerprint density at radius 1 is 0.645 bits per heavy atom. The third-order valence-corrected chi connectivity index (χ3v) is 5.54. The van der Waals surface area contributed by atoms with E-state index >= 15 is 0 Å². The highest BCUT2D eigenvalue weighted by molar-refractivity contribution is 5.87. The summed E-state index contributed by atoms with van der Waals surface area (Å²) in [7, 11) is 0. The number of nitrogens with zero attached hydrogens (tertiary/aromatic N) is 1. The first kappa shape index (κ1) is 18.8. The zero-order valence-electron chi connectivity index (χ0n) is 16.7. The molecule has 4 aromatic carbocycles.